The zero-order chi connectivity index (χ0) is 8.01. The summed E-state index contributed by atoms with van der Waals surface area (Å²) in [4.78, 5) is 0. The van der Waals surface area contributed by atoms with Crippen LogP contribution in [0.5, 0.6) is 0 Å². The van der Waals surface area contributed by atoms with Crippen molar-refractivity contribution in [1.82, 2.24) is 0 Å². The predicted molar refractivity (Wildman–Crippen MR) is 35.8 cm³/mol. The molecule has 2 bridgehead atoms. The first kappa shape index (κ1) is 7.49. The highest BCUT2D eigenvalue weighted by molar-refractivity contribution is 4.90. The van der Waals surface area contributed by atoms with Crippen LogP contribution in [0, 0.1) is 5.92 Å². The molecule has 11 heavy (non-hydrogen) atoms. The van der Waals surface area contributed by atoms with Crippen molar-refractivity contribution in [2.75, 3.05) is 6.61 Å². The Morgan fingerprint density at radius 3 is 2.73 bits per heavy atom. The quantitative estimate of drug-likeness (QED) is 0.482. The van der Waals surface area contributed by atoms with Crippen LogP contribution in [0.3, 0.4) is 0 Å². The van der Waals surface area contributed by atoms with Crippen molar-refractivity contribution in [3.05, 3.63) is 0 Å². The Balaban J connectivity index is 2.16. The van der Waals surface area contributed by atoms with Crippen molar-refractivity contribution in [3.8, 4) is 0 Å². The second kappa shape index (κ2) is 2.42. The van der Waals surface area contributed by atoms with Gasteiger partial charge in [0.15, 0.2) is 6.29 Å². The lowest BCUT2D eigenvalue weighted by Crippen LogP contribution is -2.49. The van der Waals surface area contributed by atoms with Crippen LogP contribution in [-0.2, 0) is 9.47 Å². The molecule has 64 valence electrons. The van der Waals surface area contributed by atoms with Crippen LogP contribution >= 0.6 is 0 Å². The Morgan fingerprint density at radius 1 is 1.27 bits per heavy atom. The van der Waals surface area contributed by atoms with E-state index in [0.29, 0.717) is 6.61 Å². The largest absolute Gasteiger partial charge is 0.390 e. The summed E-state index contributed by atoms with van der Waals surface area (Å²) >= 11 is 0. The molecule has 0 spiro atoms. The lowest BCUT2D eigenvalue weighted by atomic mass is 9.93. The average Bonchev–Trinajstić information content (AvgIpc) is 2.44. The molecule has 4 heteroatoms. The van der Waals surface area contributed by atoms with E-state index in [9.17, 15) is 10.2 Å². The molecule has 5 atom stereocenters. The molecule has 4 nitrogen and oxygen atoms in total. The highest BCUT2D eigenvalue weighted by Crippen LogP contribution is 2.31. The molecule has 0 aromatic carbocycles. The Morgan fingerprint density at radius 2 is 2.00 bits per heavy atom. The van der Waals surface area contributed by atoms with Gasteiger partial charge < -0.3 is 19.7 Å². The number of rotatable bonds is 0. The lowest BCUT2D eigenvalue weighted by molar-refractivity contribution is -0.210. The van der Waals surface area contributed by atoms with Crippen molar-refractivity contribution >= 4 is 0 Å². The monoisotopic (exact) mass is 160 g/mol. The van der Waals surface area contributed by atoms with Crippen LogP contribution < -0.4 is 0 Å². The molecule has 2 aliphatic heterocycles. The summed E-state index contributed by atoms with van der Waals surface area (Å²) in [6, 6.07) is 0. The summed E-state index contributed by atoms with van der Waals surface area (Å²) < 4.78 is 10.4. The highest BCUT2D eigenvalue weighted by Gasteiger charge is 2.47. The van der Waals surface area contributed by atoms with Crippen LogP contribution in [0.1, 0.15) is 6.92 Å². The van der Waals surface area contributed by atoms with E-state index in [1.54, 1.807) is 0 Å². The first-order valence-electron chi connectivity index (χ1n) is 3.83. The molecule has 2 saturated heterocycles. The van der Waals surface area contributed by atoms with Crippen LogP contribution in [0.2, 0.25) is 0 Å². The van der Waals surface area contributed by atoms with Gasteiger partial charge >= 0.3 is 0 Å². The van der Waals surface area contributed by atoms with Gasteiger partial charge in [-0.3, -0.25) is 0 Å². The normalized spacial score (nSPS) is 56.5. The van der Waals surface area contributed by atoms with Crippen molar-refractivity contribution in [1.29, 1.82) is 0 Å². The van der Waals surface area contributed by atoms with Gasteiger partial charge in [-0.25, -0.2) is 0 Å². The molecule has 2 aliphatic rings. The fourth-order valence-electron chi connectivity index (χ4n) is 1.59. The van der Waals surface area contributed by atoms with Gasteiger partial charge in [0.05, 0.1) is 18.8 Å². The number of aliphatic hydroxyl groups is 2. The summed E-state index contributed by atoms with van der Waals surface area (Å²) in [5.74, 6) is -0.0382. The molecule has 0 aromatic rings. The molecule has 0 aliphatic carbocycles. The first-order chi connectivity index (χ1) is 5.20. The summed E-state index contributed by atoms with van der Waals surface area (Å²) in [5, 5.41) is 18.8. The molecule has 2 fully saturated rings. The van der Waals surface area contributed by atoms with Gasteiger partial charge in [0.1, 0.15) is 6.10 Å². The van der Waals surface area contributed by atoms with Crippen molar-refractivity contribution < 1.29 is 19.7 Å². The zero-order valence-corrected chi connectivity index (χ0v) is 6.30. The highest BCUT2D eigenvalue weighted by atomic mass is 16.7. The Bertz CT molecular complexity index is 141. The fraction of sp³-hybridized carbons (Fsp3) is 1.00. The maximum atomic E-state index is 9.42. The third kappa shape index (κ3) is 0.980. The number of hydrogen-bond acceptors (Lipinski definition) is 4. The third-order valence-corrected chi connectivity index (χ3v) is 2.49. The van der Waals surface area contributed by atoms with Gasteiger partial charge in [-0.05, 0) is 0 Å². The van der Waals surface area contributed by atoms with Crippen molar-refractivity contribution in [2.45, 2.75) is 31.5 Å². The predicted octanol–water partition coefficient (Wildman–Crippen LogP) is -0.901. The molecule has 0 radical (unpaired) electrons. The molecule has 0 saturated carbocycles. The van der Waals surface area contributed by atoms with E-state index >= 15 is 0 Å². The smallest absolute Gasteiger partial charge is 0.186 e. The van der Waals surface area contributed by atoms with Gasteiger partial charge in [-0.2, -0.15) is 0 Å². The zero-order valence-electron chi connectivity index (χ0n) is 6.30. The van der Waals surface area contributed by atoms with Crippen LogP contribution in [0.25, 0.3) is 0 Å². The molecule has 1 unspecified atom stereocenters. The van der Waals surface area contributed by atoms with Gasteiger partial charge in [0.2, 0.25) is 0 Å². The van der Waals surface area contributed by atoms with Crippen LogP contribution in [0.15, 0.2) is 0 Å². The van der Waals surface area contributed by atoms with Gasteiger partial charge in [0.25, 0.3) is 0 Å². The summed E-state index contributed by atoms with van der Waals surface area (Å²) in [6.07, 6.45) is -2.24. The fourth-order valence-corrected chi connectivity index (χ4v) is 1.59. The van der Waals surface area contributed by atoms with E-state index < -0.39 is 18.5 Å². The number of ether oxygens (including phenoxy) is 2. The average molecular weight is 160 g/mol. The van der Waals surface area contributed by atoms with E-state index in [1.165, 1.54) is 0 Å². The Kier molecular flexibility index (Phi) is 1.64. The second-order valence-corrected chi connectivity index (χ2v) is 3.22. The standard InChI is InChI=1S/C7H12O4/c1-3-4-2-10-7(11-4)6(9)5(3)8/h3-9H,2H2,1H3/t3-,4-,5+,6-,7?/m1/s1. The van der Waals surface area contributed by atoms with Crippen molar-refractivity contribution in [2.24, 2.45) is 5.92 Å². The Labute approximate surface area is 64.7 Å². The maximum absolute atomic E-state index is 9.42. The van der Waals surface area contributed by atoms with E-state index in [0.717, 1.165) is 0 Å². The third-order valence-electron chi connectivity index (χ3n) is 2.49. The van der Waals surface area contributed by atoms with Gasteiger partial charge in [-0.15, -0.1) is 0 Å². The maximum Gasteiger partial charge on any atom is 0.186 e. The number of hydrogen-bond donors (Lipinski definition) is 2. The van der Waals surface area contributed by atoms with Crippen molar-refractivity contribution in [3.63, 3.8) is 0 Å². The summed E-state index contributed by atoms with van der Waals surface area (Å²) in [5.41, 5.74) is 0. The molecular weight excluding hydrogens is 148 g/mol. The number of aliphatic hydroxyl groups excluding tert-OH is 2. The molecule has 0 aromatic heterocycles. The molecule has 2 rings (SSSR count). The van der Waals surface area contributed by atoms with Crippen LogP contribution in [-0.4, -0.2) is 41.4 Å². The number of fused-ring (bicyclic) bond motifs is 2. The first-order valence-corrected chi connectivity index (χ1v) is 3.83. The van der Waals surface area contributed by atoms with Gasteiger partial charge in [-0.1, -0.05) is 6.92 Å². The van der Waals surface area contributed by atoms with Crippen LogP contribution in [0.4, 0.5) is 0 Å². The lowest BCUT2D eigenvalue weighted by Gasteiger charge is -2.33. The molecule has 2 N–H and O–H groups in total. The Hall–Kier alpha value is -0.160. The SMILES string of the molecule is C[C@H]1[C@H](O)[C@@H](O)C2OC[C@H]1O2. The van der Waals surface area contributed by atoms with Gasteiger partial charge in [0, 0.05) is 5.92 Å². The summed E-state index contributed by atoms with van der Waals surface area (Å²) in [6.45, 7) is 2.34. The minimum atomic E-state index is -0.885. The topological polar surface area (TPSA) is 58.9 Å². The minimum Gasteiger partial charge on any atom is -0.390 e. The second-order valence-electron chi connectivity index (χ2n) is 3.22. The van der Waals surface area contributed by atoms with E-state index in [2.05, 4.69) is 0 Å². The van der Waals surface area contributed by atoms with E-state index in [4.69, 9.17) is 9.47 Å². The molecule has 2 heterocycles. The minimum absolute atomic E-state index is 0.0382. The van der Waals surface area contributed by atoms with E-state index in [-0.39, 0.29) is 12.0 Å². The molecule has 0 amide bonds. The summed E-state index contributed by atoms with van der Waals surface area (Å²) in [7, 11) is 0. The molecular formula is C7H12O4. The van der Waals surface area contributed by atoms with E-state index in [1.807, 2.05) is 6.92 Å².